The van der Waals surface area contributed by atoms with E-state index in [2.05, 4.69) is 137 Å². The van der Waals surface area contributed by atoms with Crippen LogP contribution in [0.25, 0.3) is 83.7 Å². The van der Waals surface area contributed by atoms with E-state index in [0.717, 1.165) is 40.0 Å². The van der Waals surface area contributed by atoms with Gasteiger partial charge in [-0.3, -0.25) is 0 Å². The van der Waals surface area contributed by atoms with E-state index < -0.39 is 0 Å². The van der Waals surface area contributed by atoms with Gasteiger partial charge in [0.25, 0.3) is 0 Å². The van der Waals surface area contributed by atoms with Gasteiger partial charge in [0.1, 0.15) is 0 Å². The summed E-state index contributed by atoms with van der Waals surface area (Å²) in [6, 6.07) is 63.7. The average molecular weight is 680 g/mol. The smallest absolute Gasteiger partial charge is 0.164 e. The van der Waals surface area contributed by atoms with Crippen molar-refractivity contribution in [2.24, 2.45) is 0 Å². The second kappa shape index (κ2) is 12.9. The first kappa shape index (κ1) is 30.7. The van der Waals surface area contributed by atoms with E-state index in [0.29, 0.717) is 17.5 Å². The molecule has 0 spiro atoms. The topological polar surface area (TPSA) is 48.5 Å². The Hall–Kier alpha value is -7.11. The number of hydrogen-bond acceptors (Lipinski definition) is 3. The number of fused-ring (bicyclic) bond motifs is 5. The van der Waals surface area contributed by atoms with Crippen LogP contribution in [0.3, 0.4) is 0 Å². The number of para-hydroxylation sites is 2. The minimum absolute atomic E-state index is 0.636. The molecule has 0 bridgehead atoms. The van der Waals surface area contributed by atoms with Crippen molar-refractivity contribution < 1.29 is 0 Å². The molecule has 0 unspecified atom stereocenters. The summed E-state index contributed by atoms with van der Waals surface area (Å²) in [5, 5.41) is 3.64. The molecule has 0 atom stereocenters. The molecule has 5 heteroatoms. The first-order valence-corrected chi connectivity index (χ1v) is 17.9. The predicted octanol–water partition coefficient (Wildman–Crippen LogP) is 11.6. The number of hydrogen-bond donors (Lipinski definition) is 0. The highest BCUT2D eigenvalue weighted by Gasteiger charge is 2.21. The summed E-state index contributed by atoms with van der Waals surface area (Å²) in [7, 11) is 0. The predicted molar refractivity (Wildman–Crippen MR) is 217 cm³/mol. The Kier molecular flexibility index (Phi) is 7.47. The molecule has 250 valence electrons. The van der Waals surface area contributed by atoms with Crippen molar-refractivity contribution in [3.05, 3.63) is 194 Å². The molecular weight excluding hydrogens is 647 g/mol. The average Bonchev–Trinajstić information content (AvgIpc) is 3.81. The molecule has 0 radical (unpaired) electrons. The molecule has 0 aliphatic rings. The summed E-state index contributed by atoms with van der Waals surface area (Å²) in [5.74, 6) is 1.93. The van der Waals surface area contributed by atoms with Gasteiger partial charge in [-0.15, -0.1) is 0 Å². The van der Waals surface area contributed by atoms with Crippen LogP contribution in [0, 0.1) is 0 Å². The zero-order valence-electron chi connectivity index (χ0n) is 28.8. The lowest BCUT2D eigenvalue weighted by Gasteiger charge is -2.14. The lowest BCUT2D eigenvalue weighted by atomic mass is 9.97. The monoisotopic (exact) mass is 679 g/mol. The number of benzene rings is 7. The summed E-state index contributed by atoms with van der Waals surface area (Å²) < 4.78 is 4.81. The summed E-state index contributed by atoms with van der Waals surface area (Å²) in [4.78, 5) is 15.0. The van der Waals surface area contributed by atoms with Crippen LogP contribution >= 0.6 is 0 Å². The van der Waals surface area contributed by atoms with Gasteiger partial charge in [0.2, 0.25) is 0 Å². The molecule has 3 heterocycles. The van der Waals surface area contributed by atoms with Crippen molar-refractivity contribution in [1.82, 2.24) is 24.1 Å². The molecule has 0 saturated heterocycles. The molecule has 3 aromatic heterocycles. The van der Waals surface area contributed by atoms with Crippen molar-refractivity contribution in [3.8, 4) is 51.0 Å². The van der Waals surface area contributed by atoms with Crippen molar-refractivity contribution >= 4 is 32.7 Å². The number of nitrogens with zero attached hydrogens (tertiary/aromatic N) is 5. The van der Waals surface area contributed by atoms with Crippen LogP contribution in [0.15, 0.2) is 188 Å². The summed E-state index contributed by atoms with van der Waals surface area (Å²) in [6.45, 7) is 0.752. The molecule has 0 aliphatic carbocycles. The maximum Gasteiger partial charge on any atom is 0.164 e. The molecule has 0 amide bonds. The fraction of sp³-hybridized carbons (Fsp3) is 0.0208. The first-order valence-electron chi connectivity index (χ1n) is 17.9. The van der Waals surface area contributed by atoms with Crippen molar-refractivity contribution in [2.75, 3.05) is 0 Å². The number of rotatable bonds is 7. The Bertz CT molecular complexity index is 2840. The van der Waals surface area contributed by atoms with Crippen molar-refractivity contribution in [3.63, 3.8) is 0 Å². The Balaban J connectivity index is 1.22. The zero-order valence-corrected chi connectivity index (χ0v) is 28.8. The third-order valence-corrected chi connectivity index (χ3v) is 10.0. The molecule has 0 saturated carbocycles. The van der Waals surface area contributed by atoms with Crippen LogP contribution in [-0.4, -0.2) is 24.1 Å². The quantitative estimate of drug-likeness (QED) is 0.168. The van der Waals surface area contributed by atoms with Gasteiger partial charge >= 0.3 is 0 Å². The molecule has 10 rings (SSSR count). The van der Waals surface area contributed by atoms with E-state index in [9.17, 15) is 0 Å². The van der Waals surface area contributed by atoms with Gasteiger partial charge in [0.05, 0.1) is 16.6 Å². The highest BCUT2D eigenvalue weighted by atomic mass is 15.0. The number of aromatic nitrogens is 5. The third-order valence-electron chi connectivity index (χ3n) is 10.0. The van der Waals surface area contributed by atoms with Gasteiger partial charge < -0.3 is 9.13 Å². The van der Waals surface area contributed by atoms with Crippen LogP contribution in [0.5, 0.6) is 0 Å². The molecule has 10 aromatic rings. The maximum absolute atomic E-state index is 5.06. The second-order valence-electron chi connectivity index (χ2n) is 13.3. The fourth-order valence-corrected chi connectivity index (χ4v) is 7.59. The van der Waals surface area contributed by atoms with Crippen molar-refractivity contribution in [1.29, 1.82) is 0 Å². The SMILES string of the molecule is c1ccc(Cn2ccc3c2c(-c2cccc(-c4nc(-c5ccccc5)nc(-c5ccccc5)n4)c2)cc2c4ccccc4n(-c4ccccc4)c23)cc1. The molecule has 0 fully saturated rings. The Morgan fingerprint density at radius 2 is 0.943 bits per heavy atom. The van der Waals surface area contributed by atoms with E-state index in [1.54, 1.807) is 0 Å². The van der Waals surface area contributed by atoms with Crippen LogP contribution < -0.4 is 0 Å². The van der Waals surface area contributed by atoms with E-state index in [-0.39, 0.29) is 0 Å². The minimum Gasteiger partial charge on any atom is -0.342 e. The van der Waals surface area contributed by atoms with Gasteiger partial charge in [-0.25, -0.2) is 15.0 Å². The summed E-state index contributed by atoms with van der Waals surface area (Å²) >= 11 is 0. The normalized spacial score (nSPS) is 11.5. The highest BCUT2D eigenvalue weighted by molar-refractivity contribution is 6.21. The molecule has 5 nitrogen and oxygen atoms in total. The van der Waals surface area contributed by atoms with Crippen LogP contribution in [-0.2, 0) is 6.54 Å². The van der Waals surface area contributed by atoms with Gasteiger partial charge in [-0.1, -0.05) is 146 Å². The van der Waals surface area contributed by atoms with Gasteiger partial charge in [-0.2, -0.15) is 0 Å². The molecule has 0 aliphatic heterocycles. The highest BCUT2D eigenvalue weighted by Crippen LogP contribution is 2.42. The third kappa shape index (κ3) is 5.47. The van der Waals surface area contributed by atoms with E-state index >= 15 is 0 Å². The largest absolute Gasteiger partial charge is 0.342 e. The second-order valence-corrected chi connectivity index (χ2v) is 13.3. The molecule has 53 heavy (non-hydrogen) atoms. The Morgan fingerprint density at radius 3 is 1.62 bits per heavy atom. The van der Waals surface area contributed by atoms with Gasteiger partial charge in [0, 0.05) is 56.8 Å². The fourth-order valence-electron chi connectivity index (χ4n) is 7.59. The van der Waals surface area contributed by atoms with E-state index in [1.807, 2.05) is 60.7 Å². The van der Waals surface area contributed by atoms with E-state index in [4.69, 9.17) is 15.0 Å². The summed E-state index contributed by atoms with van der Waals surface area (Å²) in [5.41, 5.74) is 11.1. The summed E-state index contributed by atoms with van der Waals surface area (Å²) in [6.07, 6.45) is 2.24. The Labute approximate surface area is 307 Å². The maximum atomic E-state index is 5.06. The van der Waals surface area contributed by atoms with E-state index in [1.165, 1.54) is 38.3 Å². The van der Waals surface area contributed by atoms with Crippen LogP contribution in [0.4, 0.5) is 0 Å². The van der Waals surface area contributed by atoms with Crippen LogP contribution in [0.2, 0.25) is 0 Å². The zero-order chi connectivity index (χ0) is 35.1. The first-order chi connectivity index (χ1) is 26.3. The minimum atomic E-state index is 0.636. The molecule has 7 aromatic carbocycles. The Morgan fingerprint density at radius 1 is 0.396 bits per heavy atom. The lowest BCUT2D eigenvalue weighted by molar-refractivity contribution is 0.838. The van der Waals surface area contributed by atoms with Crippen LogP contribution in [0.1, 0.15) is 5.56 Å². The molecule has 0 N–H and O–H groups in total. The lowest BCUT2D eigenvalue weighted by Crippen LogP contribution is -2.01. The van der Waals surface area contributed by atoms with Gasteiger partial charge in [-0.05, 0) is 47.5 Å². The standard InChI is InChI=1S/C48H33N5/c1-5-16-33(17-6-1)32-52-29-28-40-44(52)41(31-42-39-26-13-14-27-43(39)53(45(40)42)38-24-11-4-12-25-38)36-22-15-23-37(30-36)48-50-46(34-18-7-2-8-19-34)49-47(51-48)35-20-9-3-10-21-35/h1-31H,32H2. The molecular formula is C48H33N5. The van der Waals surface area contributed by atoms with Crippen molar-refractivity contribution in [2.45, 2.75) is 6.54 Å². The van der Waals surface area contributed by atoms with Gasteiger partial charge in [0.15, 0.2) is 17.5 Å².